The van der Waals surface area contributed by atoms with Crippen LogP contribution < -0.4 is 5.73 Å². The van der Waals surface area contributed by atoms with E-state index in [2.05, 4.69) is 15.9 Å². The fraction of sp³-hybridized carbons (Fsp3) is 0.500. The molecule has 0 saturated carbocycles. The third-order valence-corrected chi connectivity index (χ3v) is 3.83. The Morgan fingerprint density at radius 2 is 2.40 bits per heavy atom. The number of nitrogens with zero attached hydrogens (tertiary/aromatic N) is 1. The summed E-state index contributed by atoms with van der Waals surface area (Å²) in [6, 6.07) is 1.64. The fourth-order valence-electron chi connectivity index (χ4n) is 1.21. The first-order valence-corrected chi connectivity index (χ1v) is 6.45. The summed E-state index contributed by atoms with van der Waals surface area (Å²) in [5.41, 5.74) is 5.68. The molecule has 0 spiro atoms. The van der Waals surface area contributed by atoms with Crippen molar-refractivity contribution in [3.8, 4) is 0 Å². The Kier molecular flexibility index (Phi) is 4.76. The number of amides is 1. The molecule has 0 radical (unpaired) electrons. The summed E-state index contributed by atoms with van der Waals surface area (Å²) in [6.45, 7) is 2.54. The molecule has 3 nitrogen and oxygen atoms in total. The minimum atomic E-state index is -0.376. The number of likely N-dealkylation sites (N-methyl/N-ethyl adjacent to an activating group) is 1. The third-order valence-electron chi connectivity index (χ3n) is 2.15. The number of hydrogen-bond donors (Lipinski definition) is 1. The van der Waals surface area contributed by atoms with Crippen LogP contribution in [0.3, 0.4) is 0 Å². The van der Waals surface area contributed by atoms with Gasteiger partial charge in [0.25, 0.3) is 0 Å². The summed E-state index contributed by atoms with van der Waals surface area (Å²) in [6.07, 6.45) is 0.678. The second kappa shape index (κ2) is 5.63. The molecule has 2 N–H and O–H groups in total. The molecule has 0 aromatic carbocycles. The number of halogens is 1. The molecule has 0 aliphatic heterocycles. The molecule has 1 unspecified atom stereocenters. The van der Waals surface area contributed by atoms with Crippen molar-refractivity contribution in [1.29, 1.82) is 0 Å². The van der Waals surface area contributed by atoms with Crippen molar-refractivity contribution in [3.63, 3.8) is 0 Å². The van der Waals surface area contributed by atoms with E-state index in [4.69, 9.17) is 5.73 Å². The molecule has 5 heteroatoms. The van der Waals surface area contributed by atoms with Gasteiger partial charge in [-0.1, -0.05) is 6.92 Å². The summed E-state index contributed by atoms with van der Waals surface area (Å²) in [5, 5.41) is 2.01. The van der Waals surface area contributed by atoms with E-state index < -0.39 is 0 Å². The van der Waals surface area contributed by atoms with Crippen LogP contribution in [0.25, 0.3) is 0 Å². The Morgan fingerprint density at radius 1 is 1.73 bits per heavy atom. The van der Waals surface area contributed by atoms with Gasteiger partial charge in [0, 0.05) is 21.8 Å². The topological polar surface area (TPSA) is 46.3 Å². The summed E-state index contributed by atoms with van der Waals surface area (Å²) in [4.78, 5) is 14.5. The number of carbonyl (C=O) groups is 1. The summed E-state index contributed by atoms with van der Waals surface area (Å²) < 4.78 is 1.06. The highest BCUT2D eigenvalue weighted by atomic mass is 79.9. The van der Waals surface area contributed by atoms with E-state index in [1.165, 1.54) is 0 Å². The molecule has 1 aromatic rings. The average molecular weight is 291 g/mol. The standard InChI is InChI=1S/C10H15BrN2OS/c1-3-9(12)10(14)13(2)5-8-4-7(11)6-15-8/h4,6,9H,3,5,12H2,1-2H3. The van der Waals surface area contributed by atoms with Crippen LogP contribution in [0, 0.1) is 0 Å². The van der Waals surface area contributed by atoms with Gasteiger partial charge in [0.15, 0.2) is 0 Å². The largest absolute Gasteiger partial charge is 0.339 e. The molecule has 1 aromatic heterocycles. The minimum Gasteiger partial charge on any atom is -0.339 e. The van der Waals surface area contributed by atoms with Crippen LogP contribution in [-0.2, 0) is 11.3 Å². The number of carbonyl (C=O) groups excluding carboxylic acids is 1. The van der Waals surface area contributed by atoms with Gasteiger partial charge in [0.2, 0.25) is 5.91 Å². The fourth-order valence-corrected chi connectivity index (χ4v) is 2.71. The van der Waals surface area contributed by atoms with Gasteiger partial charge in [-0.05, 0) is 28.4 Å². The smallest absolute Gasteiger partial charge is 0.239 e. The predicted octanol–water partition coefficient (Wildman–Crippen LogP) is 2.21. The van der Waals surface area contributed by atoms with E-state index in [9.17, 15) is 4.79 Å². The zero-order chi connectivity index (χ0) is 11.4. The second-order valence-electron chi connectivity index (χ2n) is 3.44. The van der Waals surface area contributed by atoms with E-state index >= 15 is 0 Å². The van der Waals surface area contributed by atoms with Crippen LogP contribution in [0.15, 0.2) is 15.9 Å². The first-order chi connectivity index (χ1) is 7.04. The van der Waals surface area contributed by atoms with Crippen molar-refractivity contribution in [2.75, 3.05) is 7.05 Å². The molecule has 0 aliphatic rings. The molecular weight excluding hydrogens is 276 g/mol. The van der Waals surface area contributed by atoms with Crippen LogP contribution in [0.4, 0.5) is 0 Å². The van der Waals surface area contributed by atoms with Crippen molar-refractivity contribution in [2.24, 2.45) is 5.73 Å². The Bertz CT molecular complexity index is 340. The molecule has 15 heavy (non-hydrogen) atoms. The molecule has 84 valence electrons. The van der Waals surface area contributed by atoms with Gasteiger partial charge in [-0.3, -0.25) is 4.79 Å². The molecule has 1 amide bonds. The minimum absolute atomic E-state index is 0.00187. The highest BCUT2D eigenvalue weighted by Gasteiger charge is 2.16. The van der Waals surface area contributed by atoms with Crippen molar-refractivity contribution in [3.05, 3.63) is 20.8 Å². The molecular formula is C10H15BrN2OS. The quantitative estimate of drug-likeness (QED) is 0.924. The van der Waals surface area contributed by atoms with Crippen LogP contribution in [0.5, 0.6) is 0 Å². The molecule has 1 atom stereocenters. The first kappa shape index (κ1) is 12.7. The lowest BCUT2D eigenvalue weighted by atomic mass is 10.2. The molecule has 0 bridgehead atoms. The monoisotopic (exact) mass is 290 g/mol. The normalized spacial score (nSPS) is 12.5. The third kappa shape index (κ3) is 3.59. The highest BCUT2D eigenvalue weighted by molar-refractivity contribution is 9.10. The van der Waals surface area contributed by atoms with Gasteiger partial charge < -0.3 is 10.6 Å². The van der Waals surface area contributed by atoms with Crippen LogP contribution >= 0.6 is 27.3 Å². The summed E-state index contributed by atoms with van der Waals surface area (Å²) >= 11 is 5.02. The van der Waals surface area contributed by atoms with Crippen molar-refractivity contribution in [2.45, 2.75) is 25.9 Å². The second-order valence-corrected chi connectivity index (χ2v) is 5.35. The number of rotatable bonds is 4. The van der Waals surface area contributed by atoms with Crippen molar-refractivity contribution in [1.82, 2.24) is 4.90 Å². The zero-order valence-corrected chi connectivity index (χ0v) is 11.3. The zero-order valence-electron chi connectivity index (χ0n) is 8.87. The van der Waals surface area contributed by atoms with Crippen LogP contribution in [-0.4, -0.2) is 23.9 Å². The van der Waals surface area contributed by atoms with Crippen LogP contribution in [0.2, 0.25) is 0 Å². The highest BCUT2D eigenvalue weighted by Crippen LogP contribution is 2.20. The van der Waals surface area contributed by atoms with Gasteiger partial charge in [0.1, 0.15) is 0 Å². The Balaban J connectivity index is 2.55. The average Bonchev–Trinajstić information content (AvgIpc) is 2.61. The molecule has 1 rings (SSSR count). The number of hydrogen-bond acceptors (Lipinski definition) is 3. The van der Waals surface area contributed by atoms with Crippen LogP contribution in [0.1, 0.15) is 18.2 Å². The van der Waals surface area contributed by atoms with E-state index in [0.717, 1.165) is 9.35 Å². The SMILES string of the molecule is CCC(N)C(=O)N(C)Cc1cc(Br)cs1. The van der Waals surface area contributed by atoms with Gasteiger partial charge >= 0.3 is 0 Å². The Labute approximate surface area is 102 Å². The first-order valence-electron chi connectivity index (χ1n) is 4.78. The maximum Gasteiger partial charge on any atom is 0.239 e. The van der Waals surface area contributed by atoms with Gasteiger partial charge in [-0.2, -0.15) is 0 Å². The predicted molar refractivity (Wildman–Crippen MR) is 66.8 cm³/mol. The van der Waals surface area contributed by atoms with Gasteiger partial charge in [0.05, 0.1) is 12.6 Å². The number of nitrogens with two attached hydrogens (primary N) is 1. The van der Waals surface area contributed by atoms with Crippen molar-refractivity contribution < 1.29 is 4.79 Å². The molecule has 0 saturated heterocycles. The summed E-state index contributed by atoms with van der Waals surface area (Å²) in [7, 11) is 1.78. The number of thiophene rings is 1. The lowest BCUT2D eigenvalue weighted by Gasteiger charge is -2.19. The van der Waals surface area contributed by atoms with E-state index in [1.54, 1.807) is 23.3 Å². The van der Waals surface area contributed by atoms with E-state index in [-0.39, 0.29) is 11.9 Å². The maximum absolute atomic E-state index is 11.7. The van der Waals surface area contributed by atoms with Gasteiger partial charge in [-0.15, -0.1) is 11.3 Å². The lowest BCUT2D eigenvalue weighted by molar-refractivity contribution is -0.131. The molecule has 0 aliphatic carbocycles. The lowest BCUT2D eigenvalue weighted by Crippen LogP contribution is -2.40. The Hall–Kier alpha value is -0.390. The maximum atomic E-state index is 11.7. The van der Waals surface area contributed by atoms with E-state index in [1.807, 2.05) is 18.4 Å². The Morgan fingerprint density at radius 3 is 2.87 bits per heavy atom. The van der Waals surface area contributed by atoms with E-state index in [0.29, 0.717) is 13.0 Å². The molecule has 1 heterocycles. The van der Waals surface area contributed by atoms with Gasteiger partial charge in [-0.25, -0.2) is 0 Å². The summed E-state index contributed by atoms with van der Waals surface area (Å²) in [5.74, 6) is 0.00187. The molecule has 0 fully saturated rings. The van der Waals surface area contributed by atoms with Crippen molar-refractivity contribution >= 4 is 33.2 Å².